The summed E-state index contributed by atoms with van der Waals surface area (Å²) in [5.41, 5.74) is 1.34. The lowest BCUT2D eigenvalue weighted by Crippen LogP contribution is -2.38. The summed E-state index contributed by atoms with van der Waals surface area (Å²) in [5, 5.41) is 8.73. The molecule has 0 spiro atoms. The third-order valence-corrected chi connectivity index (χ3v) is 3.44. The highest BCUT2D eigenvalue weighted by Crippen LogP contribution is 2.16. The van der Waals surface area contributed by atoms with Gasteiger partial charge in [-0.3, -0.25) is 9.59 Å². The van der Waals surface area contributed by atoms with Crippen LogP contribution in [0, 0.1) is 0 Å². The standard InChI is InChI=1S/C14H16ClN3O2/c1-9(10-3-5-11(15)6-4-10)16-14(20)12-7-8-13(19)18(2)17-12/h3-6,9H,7-8H2,1-2H3,(H,16,20)/t9-/m1/s1. The van der Waals surface area contributed by atoms with Gasteiger partial charge in [0.15, 0.2) is 0 Å². The Hall–Kier alpha value is -1.88. The Morgan fingerprint density at radius 3 is 2.60 bits per heavy atom. The zero-order valence-corrected chi connectivity index (χ0v) is 12.1. The maximum absolute atomic E-state index is 12.1. The van der Waals surface area contributed by atoms with Crippen molar-refractivity contribution >= 4 is 29.1 Å². The van der Waals surface area contributed by atoms with Gasteiger partial charge in [0.25, 0.3) is 5.91 Å². The number of carbonyl (C=O) groups excluding carboxylic acids is 2. The largest absolute Gasteiger partial charge is 0.344 e. The van der Waals surface area contributed by atoms with E-state index in [0.717, 1.165) is 5.56 Å². The second-order valence-corrected chi connectivity index (χ2v) is 5.15. The molecular weight excluding hydrogens is 278 g/mol. The molecule has 20 heavy (non-hydrogen) atoms. The Balaban J connectivity index is 2.02. The van der Waals surface area contributed by atoms with Gasteiger partial charge in [-0.2, -0.15) is 5.10 Å². The number of amides is 2. The third kappa shape index (κ3) is 3.36. The second kappa shape index (κ2) is 6.05. The van der Waals surface area contributed by atoms with Gasteiger partial charge in [-0.1, -0.05) is 23.7 Å². The number of hydrogen-bond acceptors (Lipinski definition) is 3. The fourth-order valence-electron chi connectivity index (χ4n) is 1.95. The minimum absolute atomic E-state index is 0.0766. The third-order valence-electron chi connectivity index (χ3n) is 3.19. The first-order valence-corrected chi connectivity index (χ1v) is 6.75. The monoisotopic (exact) mass is 293 g/mol. The van der Waals surface area contributed by atoms with Gasteiger partial charge in [0.05, 0.1) is 6.04 Å². The van der Waals surface area contributed by atoms with Gasteiger partial charge >= 0.3 is 0 Å². The van der Waals surface area contributed by atoms with E-state index < -0.39 is 0 Å². The molecule has 0 saturated heterocycles. The summed E-state index contributed by atoms with van der Waals surface area (Å²) in [5.74, 6) is -0.320. The van der Waals surface area contributed by atoms with Gasteiger partial charge in [-0.05, 0) is 24.6 Å². The SMILES string of the molecule is C[C@@H](NC(=O)C1=NN(C)C(=O)CC1)c1ccc(Cl)cc1. The average Bonchev–Trinajstić information content (AvgIpc) is 2.42. The van der Waals surface area contributed by atoms with Crippen LogP contribution in [0.5, 0.6) is 0 Å². The van der Waals surface area contributed by atoms with Crippen LogP contribution in [-0.2, 0) is 9.59 Å². The van der Waals surface area contributed by atoms with Crippen molar-refractivity contribution in [1.82, 2.24) is 10.3 Å². The van der Waals surface area contributed by atoms with Crippen molar-refractivity contribution in [3.05, 3.63) is 34.9 Å². The summed E-state index contributed by atoms with van der Waals surface area (Å²) in [4.78, 5) is 23.4. The number of carbonyl (C=O) groups is 2. The molecule has 106 valence electrons. The highest BCUT2D eigenvalue weighted by atomic mass is 35.5. The summed E-state index contributed by atoms with van der Waals surface area (Å²) in [6, 6.07) is 7.15. The van der Waals surface area contributed by atoms with Crippen LogP contribution < -0.4 is 5.32 Å². The van der Waals surface area contributed by atoms with Gasteiger partial charge in [0, 0.05) is 24.9 Å². The maximum Gasteiger partial charge on any atom is 0.267 e. The highest BCUT2D eigenvalue weighted by molar-refractivity contribution is 6.39. The Labute approximate surface area is 122 Å². The summed E-state index contributed by atoms with van der Waals surface area (Å²) < 4.78 is 0. The highest BCUT2D eigenvalue weighted by Gasteiger charge is 2.23. The van der Waals surface area contributed by atoms with Crippen LogP contribution >= 0.6 is 11.6 Å². The second-order valence-electron chi connectivity index (χ2n) is 4.71. The molecule has 0 saturated carbocycles. The Kier molecular flexibility index (Phi) is 4.39. The van der Waals surface area contributed by atoms with Crippen LogP contribution in [0.15, 0.2) is 29.4 Å². The van der Waals surface area contributed by atoms with Gasteiger partial charge in [0.2, 0.25) is 5.91 Å². The van der Waals surface area contributed by atoms with E-state index in [0.29, 0.717) is 23.6 Å². The fourth-order valence-corrected chi connectivity index (χ4v) is 2.07. The summed E-state index contributed by atoms with van der Waals surface area (Å²) >= 11 is 5.83. The van der Waals surface area contributed by atoms with E-state index in [9.17, 15) is 9.59 Å². The van der Waals surface area contributed by atoms with Crippen molar-refractivity contribution in [2.24, 2.45) is 5.10 Å². The topological polar surface area (TPSA) is 61.8 Å². The van der Waals surface area contributed by atoms with Crippen LogP contribution in [0.1, 0.15) is 31.4 Å². The fraction of sp³-hybridized carbons (Fsp3) is 0.357. The molecule has 1 aliphatic heterocycles. The Bertz CT molecular complexity index is 554. The van der Waals surface area contributed by atoms with Crippen molar-refractivity contribution in [3.8, 4) is 0 Å². The van der Waals surface area contributed by atoms with E-state index in [1.54, 1.807) is 19.2 Å². The van der Waals surface area contributed by atoms with Crippen molar-refractivity contribution in [2.45, 2.75) is 25.8 Å². The number of halogens is 1. The predicted molar refractivity (Wildman–Crippen MR) is 77.4 cm³/mol. The molecule has 6 heteroatoms. The van der Waals surface area contributed by atoms with Crippen LogP contribution in [0.2, 0.25) is 5.02 Å². The van der Waals surface area contributed by atoms with Crippen LogP contribution in [0.3, 0.4) is 0 Å². The lowest BCUT2D eigenvalue weighted by Gasteiger charge is -2.20. The Morgan fingerprint density at radius 2 is 2.00 bits per heavy atom. The van der Waals surface area contributed by atoms with E-state index in [4.69, 9.17) is 11.6 Å². The summed E-state index contributed by atoms with van der Waals surface area (Å²) in [6.07, 6.45) is 0.695. The first kappa shape index (κ1) is 14.5. The molecule has 1 atom stereocenters. The molecule has 1 aliphatic rings. The van der Waals surface area contributed by atoms with Crippen LogP contribution in [0.25, 0.3) is 0 Å². The maximum atomic E-state index is 12.1. The van der Waals surface area contributed by atoms with Crippen LogP contribution in [-0.4, -0.2) is 29.6 Å². The molecule has 1 heterocycles. The minimum atomic E-state index is -0.244. The number of benzene rings is 1. The molecule has 1 N–H and O–H groups in total. The number of rotatable bonds is 3. The van der Waals surface area contributed by atoms with E-state index in [1.807, 2.05) is 19.1 Å². The molecule has 2 rings (SSSR count). The molecule has 0 fully saturated rings. The molecular formula is C14H16ClN3O2. The summed E-state index contributed by atoms with van der Waals surface area (Å²) in [7, 11) is 1.55. The number of nitrogens with one attached hydrogen (secondary N) is 1. The first-order chi connectivity index (χ1) is 9.47. The lowest BCUT2D eigenvalue weighted by molar-refractivity contribution is -0.130. The van der Waals surface area contributed by atoms with Crippen molar-refractivity contribution in [3.63, 3.8) is 0 Å². The Morgan fingerprint density at radius 1 is 1.35 bits per heavy atom. The number of nitrogens with zero attached hydrogens (tertiary/aromatic N) is 2. The van der Waals surface area contributed by atoms with Crippen molar-refractivity contribution < 1.29 is 9.59 Å². The minimum Gasteiger partial charge on any atom is -0.344 e. The lowest BCUT2D eigenvalue weighted by atomic mass is 10.1. The first-order valence-electron chi connectivity index (χ1n) is 6.37. The molecule has 1 aromatic carbocycles. The zero-order valence-electron chi connectivity index (χ0n) is 11.4. The predicted octanol–water partition coefficient (Wildman–Crippen LogP) is 2.13. The van der Waals surface area contributed by atoms with Gasteiger partial charge in [-0.15, -0.1) is 0 Å². The summed E-state index contributed by atoms with van der Waals surface area (Å²) in [6.45, 7) is 1.89. The van der Waals surface area contributed by atoms with Crippen molar-refractivity contribution in [1.29, 1.82) is 0 Å². The number of hydrogen-bond donors (Lipinski definition) is 1. The smallest absolute Gasteiger partial charge is 0.267 e. The van der Waals surface area contributed by atoms with Gasteiger partial charge in [0.1, 0.15) is 5.71 Å². The van der Waals surface area contributed by atoms with Crippen molar-refractivity contribution in [2.75, 3.05) is 7.05 Å². The van der Waals surface area contributed by atoms with E-state index in [1.165, 1.54) is 5.01 Å². The molecule has 0 bridgehead atoms. The normalized spacial score (nSPS) is 16.6. The van der Waals surface area contributed by atoms with Gasteiger partial charge < -0.3 is 5.32 Å². The van der Waals surface area contributed by atoms with E-state index in [-0.39, 0.29) is 17.9 Å². The van der Waals surface area contributed by atoms with E-state index >= 15 is 0 Å². The van der Waals surface area contributed by atoms with E-state index in [2.05, 4.69) is 10.4 Å². The molecule has 0 aromatic heterocycles. The molecule has 0 radical (unpaired) electrons. The average molecular weight is 294 g/mol. The zero-order chi connectivity index (χ0) is 14.7. The van der Waals surface area contributed by atoms with Gasteiger partial charge in [-0.25, -0.2) is 5.01 Å². The number of hydrazone groups is 1. The molecule has 0 aliphatic carbocycles. The molecule has 1 aromatic rings. The molecule has 0 unspecified atom stereocenters. The molecule has 2 amide bonds. The molecule has 5 nitrogen and oxygen atoms in total. The van der Waals surface area contributed by atoms with Crippen LogP contribution in [0.4, 0.5) is 0 Å². The quantitative estimate of drug-likeness (QED) is 0.928.